The Balaban J connectivity index is 1.74. The summed E-state index contributed by atoms with van der Waals surface area (Å²) in [7, 11) is 1.36. The molecule has 1 unspecified atom stereocenters. The maximum atomic E-state index is 11.8. The van der Waals surface area contributed by atoms with Crippen LogP contribution in [0.1, 0.15) is 5.56 Å². The van der Waals surface area contributed by atoms with E-state index in [1.807, 2.05) is 48.6 Å². The van der Waals surface area contributed by atoms with Gasteiger partial charge in [0.15, 0.2) is 0 Å². The van der Waals surface area contributed by atoms with Crippen molar-refractivity contribution in [1.29, 1.82) is 0 Å². The number of ether oxygens (including phenoxy) is 1. The van der Waals surface area contributed by atoms with Crippen LogP contribution in [0.2, 0.25) is 0 Å². The number of hydrogen-bond acceptors (Lipinski definition) is 3. The third kappa shape index (κ3) is 3.44. The van der Waals surface area contributed by atoms with Crippen LogP contribution in [0.3, 0.4) is 0 Å². The lowest BCUT2D eigenvalue weighted by Gasteiger charge is -2.35. The Labute approximate surface area is 163 Å². The molecule has 28 heavy (non-hydrogen) atoms. The zero-order valence-electron chi connectivity index (χ0n) is 15.6. The fourth-order valence-corrected chi connectivity index (χ4v) is 3.52. The molecule has 5 heteroatoms. The molecule has 5 nitrogen and oxygen atoms in total. The molecule has 2 aromatic carbocycles. The van der Waals surface area contributed by atoms with Crippen molar-refractivity contribution in [3.8, 4) is 11.3 Å². The van der Waals surface area contributed by atoms with Crippen LogP contribution in [0.4, 0.5) is 0 Å². The fraction of sp³-hybridized carbons (Fsp3) is 0.174. The van der Waals surface area contributed by atoms with E-state index in [-0.39, 0.29) is 12.6 Å². The molecule has 142 valence electrons. The molecule has 2 heterocycles. The number of fused-ring (bicyclic) bond motifs is 1. The predicted molar refractivity (Wildman–Crippen MR) is 110 cm³/mol. The SMILES string of the molecule is COC(=O)C1=CC=CC(Cn2c(-c3ccccc3)cc3cc(CO)ccc32)[N-]1. The maximum Gasteiger partial charge on any atom is 0.315 e. The van der Waals surface area contributed by atoms with Crippen molar-refractivity contribution in [2.24, 2.45) is 0 Å². The molecule has 4 rings (SSSR count). The zero-order valence-corrected chi connectivity index (χ0v) is 15.6. The molecule has 0 spiro atoms. The molecule has 0 saturated carbocycles. The van der Waals surface area contributed by atoms with Crippen LogP contribution in [-0.4, -0.2) is 28.8 Å². The maximum absolute atomic E-state index is 11.8. The highest BCUT2D eigenvalue weighted by Gasteiger charge is 2.14. The minimum atomic E-state index is -0.428. The van der Waals surface area contributed by atoms with Gasteiger partial charge in [-0.25, -0.2) is 4.79 Å². The van der Waals surface area contributed by atoms with Crippen LogP contribution < -0.4 is 0 Å². The molecule has 0 radical (unpaired) electrons. The molecule has 1 aliphatic rings. The predicted octanol–water partition coefficient (Wildman–Crippen LogP) is 4.17. The number of hydrogen-bond donors (Lipinski definition) is 1. The van der Waals surface area contributed by atoms with Crippen LogP contribution in [0, 0.1) is 0 Å². The quantitative estimate of drug-likeness (QED) is 0.683. The van der Waals surface area contributed by atoms with Gasteiger partial charge >= 0.3 is 5.97 Å². The molecular formula is C23H21N2O3-. The summed E-state index contributed by atoms with van der Waals surface area (Å²) in [6.07, 6.45) is 5.50. The number of rotatable bonds is 5. The number of nitrogens with zero attached hydrogens (tertiary/aromatic N) is 2. The third-order valence-corrected chi connectivity index (χ3v) is 4.87. The standard InChI is InChI=1S/C23H21N2O3/c1-28-23(27)20-9-5-8-19(24-20)14-25-21-11-10-16(15-26)12-18(21)13-22(25)17-6-3-2-4-7-17/h2-13,19,26H,14-15H2,1H3/q-1. The summed E-state index contributed by atoms with van der Waals surface area (Å²) in [5.41, 5.74) is 4.45. The van der Waals surface area contributed by atoms with E-state index in [0.717, 1.165) is 27.7 Å². The monoisotopic (exact) mass is 373 g/mol. The molecule has 0 aliphatic carbocycles. The largest absolute Gasteiger partial charge is 0.671 e. The van der Waals surface area contributed by atoms with Gasteiger partial charge in [-0.1, -0.05) is 66.4 Å². The molecule has 0 saturated heterocycles. The average Bonchev–Trinajstić information content (AvgIpc) is 3.11. The Kier molecular flexibility index (Phi) is 5.00. The molecular weight excluding hydrogens is 352 g/mol. The fourth-order valence-electron chi connectivity index (χ4n) is 3.52. The van der Waals surface area contributed by atoms with Crippen molar-refractivity contribution < 1.29 is 14.6 Å². The Morgan fingerprint density at radius 1 is 1.18 bits per heavy atom. The Morgan fingerprint density at radius 3 is 2.75 bits per heavy atom. The van der Waals surface area contributed by atoms with Gasteiger partial charge in [0.1, 0.15) is 0 Å². The van der Waals surface area contributed by atoms with Crippen LogP contribution in [0.15, 0.2) is 78.5 Å². The third-order valence-electron chi connectivity index (χ3n) is 4.87. The van der Waals surface area contributed by atoms with E-state index in [1.54, 1.807) is 6.08 Å². The van der Waals surface area contributed by atoms with Crippen LogP contribution in [-0.2, 0) is 22.7 Å². The molecule has 0 bridgehead atoms. The number of carbonyl (C=O) groups excluding carboxylic acids is 1. The summed E-state index contributed by atoms with van der Waals surface area (Å²) in [5.74, 6) is -0.428. The second kappa shape index (κ2) is 7.74. The van der Waals surface area contributed by atoms with Crippen LogP contribution in [0.5, 0.6) is 0 Å². The van der Waals surface area contributed by atoms with E-state index < -0.39 is 5.97 Å². The first-order valence-electron chi connectivity index (χ1n) is 9.15. The average molecular weight is 373 g/mol. The summed E-state index contributed by atoms with van der Waals surface area (Å²) in [6.45, 7) is 0.604. The molecule has 1 aromatic heterocycles. The highest BCUT2D eigenvalue weighted by Crippen LogP contribution is 2.31. The molecule has 1 aliphatic heterocycles. The Morgan fingerprint density at radius 2 is 2.00 bits per heavy atom. The van der Waals surface area contributed by atoms with Gasteiger partial charge in [0.05, 0.1) is 13.7 Å². The van der Waals surface area contributed by atoms with Crippen molar-refractivity contribution in [2.75, 3.05) is 7.11 Å². The van der Waals surface area contributed by atoms with E-state index in [9.17, 15) is 9.90 Å². The van der Waals surface area contributed by atoms with Gasteiger partial charge in [-0.2, -0.15) is 0 Å². The lowest BCUT2D eigenvalue weighted by molar-refractivity contribution is -0.135. The lowest BCUT2D eigenvalue weighted by atomic mass is 10.1. The van der Waals surface area contributed by atoms with E-state index in [4.69, 9.17) is 4.74 Å². The molecule has 1 atom stereocenters. The van der Waals surface area contributed by atoms with Crippen molar-refractivity contribution in [3.05, 3.63) is 89.4 Å². The second-order valence-corrected chi connectivity index (χ2v) is 6.68. The summed E-state index contributed by atoms with van der Waals surface area (Å²) < 4.78 is 7.01. The second-order valence-electron chi connectivity index (χ2n) is 6.68. The lowest BCUT2D eigenvalue weighted by Crippen LogP contribution is -2.19. The van der Waals surface area contributed by atoms with Crippen LogP contribution >= 0.6 is 0 Å². The minimum absolute atomic E-state index is 0.00969. The topological polar surface area (TPSA) is 65.6 Å². The van der Waals surface area contributed by atoms with Crippen molar-refractivity contribution in [3.63, 3.8) is 0 Å². The van der Waals surface area contributed by atoms with Crippen molar-refractivity contribution >= 4 is 16.9 Å². The van der Waals surface area contributed by atoms with Crippen LogP contribution in [0.25, 0.3) is 27.5 Å². The highest BCUT2D eigenvalue weighted by atomic mass is 16.5. The van der Waals surface area contributed by atoms with Gasteiger partial charge in [0.25, 0.3) is 0 Å². The van der Waals surface area contributed by atoms with Gasteiger partial charge in [0.2, 0.25) is 0 Å². The smallest absolute Gasteiger partial charge is 0.315 e. The summed E-state index contributed by atoms with van der Waals surface area (Å²) >= 11 is 0. The molecule has 3 aromatic rings. The molecule has 1 N–H and O–H groups in total. The first-order chi connectivity index (χ1) is 13.7. The van der Waals surface area contributed by atoms with E-state index in [1.165, 1.54) is 7.11 Å². The summed E-state index contributed by atoms with van der Waals surface area (Å²) in [4.78, 5) is 11.8. The molecule has 0 fully saturated rings. The van der Waals surface area contributed by atoms with Gasteiger partial charge in [-0.15, -0.1) is 0 Å². The first kappa shape index (κ1) is 18.1. The highest BCUT2D eigenvalue weighted by molar-refractivity contribution is 5.92. The molecule has 0 amide bonds. The van der Waals surface area contributed by atoms with E-state index in [0.29, 0.717) is 12.2 Å². The van der Waals surface area contributed by atoms with Gasteiger partial charge < -0.3 is 19.7 Å². The summed E-state index contributed by atoms with van der Waals surface area (Å²) in [5, 5.41) is 15.1. The summed E-state index contributed by atoms with van der Waals surface area (Å²) in [6, 6.07) is 18.1. The van der Waals surface area contributed by atoms with E-state index in [2.05, 4.69) is 28.1 Å². The number of carbonyl (C=O) groups is 1. The van der Waals surface area contributed by atoms with Crippen molar-refractivity contribution in [1.82, 2.24) is 4.57 Å². The number of methoxy groups -OCH3 is 1. The number of benzene rings is 2. The zero-order chi connectivity index (χ0) is 19.5. The van der Waals surface area contributed by atoms with Crippen molar-refractivity contribution in [2.45, 2.75) is 19.2 Å². The number of allylic oxidation sites excluding steroid dienone is 2. The normalized spacial score (nSPS) is 15.9. The van der Waals surface area contributed by atoms with E-state index >= 15 is 0 Å². The van der Waals surface area contributed by atoms with Gasteiger partial charge in [-0.3, -0.25) is 0 Å². The number of aromatic nitrogens is 1. The Bertz CT molecular complexity index is 1060. The minimum Gasteiger partial charge on any atom is -0.671 e. The number of esters is 1. The first-order valence-corrected chi connectivity index (χ1v) is 9.15. The Hall–Kier alpha value is -3.31. The van der Waals surface area contributed by atoms with Gasteiger partial charge in [-0.05, 0) is 29.3 Å². The number of aliphatic hydroxyl groups excluding tert-OH is 1. The van der Waals surface area contributed by atoms with Gasteiger partial charge in [0, 0.05) is 23.1 Å². The number of aliphatic hydroxyl groups is 1.